The summed E-state index contributed by atoms with van der Waals surface area (Å²) in [6.07, 6.45) is 0.343. The maximum absolute atomic E-state index is 12.5. The number of carboxylic acid groups (broad SMARTS) is 1. The number of carboxylic acids is 1. The van der Waals surface area contributed by atoms with Gasteiger partial charge >= 0.3 is 5.97 Å². The molecule has 0 aliphatic carbocycles. The predicted molar refractivity (Wildman–Crippen MR) is 96.0 cm³/mol. The Bertz CT molecular complexity index is 819. The summed E-state index contributed by atoms with van der Waals surface area (Å²) in [6.45, 7) is 1.52. The number of likely N-dealkylation sites (N-methyl/N-ethyl adjacent to an activating group) is 1. The van der Waals surface area contributed by atoms with Crippen LogP contribution in [0.4, 0.5) is 0 Å². The molecule has 2 N–H and O–H groups in total. The van der Waals surface area contributed by atoms with Gasteiger partial charge in [0.1, 0.15) is 11.7 Å². The van der Waals surface area contributed by atoms with Crippen molar-refractivity contribution in [1.29, 1.82) is 0 Å². The highest BCUT2D eigenvalue weighted by Crippen LogP contribution is 2.09. The molecule has 1 atom stereocenters. The van der Waals surface area contributed by atoms with Crippen LogP contribution >= 0.6 is 0 Å². The predicted octanol–water partition coefficient (Wildman–Crippen LogP) is 1.52. The van der Waals surface area contributed by atoms with Gasteiger partial charge in [-0.15, -0.1) is 0 Å². The second-order valence-electron chi connectivity index (χ2n) is 6.08. The number of aromatic carboxylic acids is 1. The first kappa shape index (κ1) is 19.1. The van der Waals surface area contributed by atoms with Crippen LogP contribution in [0.15, 0.2) is 42.5 Å². The minimum atomic E-state index is -1.10. The molecule has 136 valence electrons. The van der Waals surface area contributed by atoms with Crippen LogP contribution in [0.1, 0.15) is 32.1 Å². The SMILES string of the molecule is Cc1nc(C(=O)NC(Cc2ccccc2)C(=O)N(C)C)ccc1C(=O)O. The second-order valence-corrected chi connectivity index (χ2v) is 6.08. The van der Waals surface area contributed by atoms with E-state index in [1.54, 1.807) is 14.1 Å². The molecule has 1 unspecified atom stereocenters. The average molecular weight is 355 g/mol. The molecule has 2 aromatic rings. The van der Waals surface area contributed by atoms with Gasteiger partial charge in [0.25, 0.3) is 5.91 Å². The number of hydrogen-bond acceptors (Lipinski definition) is 4. The quantitative estimate of drug-likeness (QED) is 0.818. The zero-order chi connectivity index (χ0) is 19.3. The maximum atomic E-state index is 12.5. The van der Waals surface area contributed by atoms with Crippen LogP contribution in [0.25, 0.3) is 0 Å². The van der Waals surface area contributed by atoms with Crippen molar-refractivity contribution in [2.45, 2.75) is 19.4 Å². The number of amides is 2. The fourth-order valence-electron chi connectivity index (χ4n) is 2.51. The summed E-state index contributed by atoms with van der Waals surface area (Å²) in [5, 5.41) is 11.7. The van der Waals surface area contributed by atoms with Crippen LogP contribution in [0, 0.1) is 6.92 Å². The molecule has 1 aromatic carbocycles. The number of nitrogens with one attached hydrogen (secondary N) is 1. The molecule has 26 heavy (non-hydrogen) atoms. The van der Waals surface area contributed by atoms with Gasteiger partial charge in [-0.25, -0.2) is 9.78 Å². The maximum Gasteiger partial charge on any atom is 0.337 e. The zero-order valence-corrected chi connectivity index (χ0v) is 14.9. The van der Waals surface area contributed by atoms with Gasteiger partial charge in [0.2, 0.25) is 5.91 Å². The molecule has 1 heterocycles. The number of carbonyl (C=O) groups excluding carboxylic acids is 2. The van der Waals surface area contributed by atoms with Crippen LogP contribution in [0.2, 0.25) is 0 Å². The Labute approximate surface area is 151 Å². The van der Waals surface area contributed by atoms with Gasteiger partial charge in [0, 0.05) is 20.5 Å². The first-order valence-corrected chi connectivity index (χ1v) is 8.06. The van der Waals surface area contributed by atoms with Gasteiger partial charge in [0.15, 0.2) is 0 Å². The number of pyridine rings is 1. The summed E-state index contributed by atoms with van der Waals surface area (Å²) in [4.78, 5) is 41.5. The van der Waals surface area contributed by atoms with E-state index in [9.17, 15) is 14.4 Å². The Morgan fingerprint density at radius 3 is 2.31 bits per heavy atom. The van der Waals surface area contributed by atoms with Crippen molar-refractivity contribution < 1.29 is 19.5 Å². The van der Waals surface area contributed by atoms with Gasteiger partial charge in [-0.3, -0.25) is 9.59 Å². The number of carbonyl (C=O) groups is 3. The minimum Gasteiger partial charge on any atom is -0.478 e. The highest BCUT2D eigenvalue weighted by Gasteiger charge is 2.24. The third kappa shape index (κ3) is 4.66. The molecule has 0 aliphatic rings. The molecule has 0 spiro atoms. The highest BCUT2D eigenvalue weighted by atomic mass is 16.4. The Morgan fingerprint density at radius 2 is 1.77 bits per heavy atom. The third-order valence-corrected chi connectivity index (χ3v) is 3.88. The largest absolute Gasteiger partial charge is 0.478 e. The van der Waals surface area contributed by atoms with Crippen molar-refractivity contribution in [3.05, 3.63) is 65.0 Å². The van der Waals surface area contributed by atoms with Gasteiger partial charge in [-0.2, -0.15) is 0 Å². The monoisotopic (exact) mass is 355 g/mol. The molecule has 0 saturated carbocycles. The van der Waals surface area contributed by atoms with Crippen LogP contribution in [-0.4, -0.2) is 52.9 Å². The van der Waals surface area contributed by atoms with Crippen molar-refractivity contribution in [3.8, 4) is 0 Å². The van der Waals surface area contributed by atoms with Crippen molar-refractivity contribution >= 4 is 17.8 Å². The van der Waals surface area contributed by atoms with Crippen LogP contribution in [-0.2, 0) is 11.2 Å². The van der Waals surface area contributed by atoms with E-state index in [0.717, 1.165) is 5.56 Å². The lowest BCUT2D eigenvalue weighted by Crippen LogP contribution is -2.47. The molecule has 0 saturated heterocycles. The molecule has 0 aliphatic heterocycles. The average Bonchev–Trinajstić information content (AvgIpc) is 2.60. The number of benzene rings is 1. The molecule has 2 amide bonds. The van der Waals surface area contributed by atoms with E-state index in [-0.39, 0.29) is 22.9 Å². The Balaban J connectivity index is 2.21. The van der Waals surface area contributed by atoms with Crippen molar-refractivity contribution in [2.75, 3.05) is 14.1 Å². The smallest absolute Gasteiger partial charge is 0.337 e. The number of aryl methyl sites for hydroxylation is 1. The molecule has 7 nitrogen and oxygen atoms in total. The molecular formula is C19H21N3O4. The van der Waals surface area contributed by atoms with E-state index in [4.69, 9.17) is 5.11 Å². The number of aromatic nitrogens is 1. The van der Waals surface area contributed by atoms with E-state index in [0.29, 0.717) is 6.42 Å². The Morgan fingerprint density at radius 1 is 1.12 bits per heavy atom. The van der Waals surface area contributed by atoms with Gasteiger partial charge in [0.05, 0.1) is 11.3 Å². The number of nitrogens with zero attached hydrogens (tertiary/aromatic N) is 2. The summed E-state index contributed by atoms with van der Waals surface area (Å²) in [5.74, 6) is -1.87. The van der Waals surface area contributed by atoms with Crippen LogP contribution < -0.4 is 5.32 Å². The molecule has 1 aromatic heterocycles. The molecule has 0 bridgehead atoms. The van der Waals surface area contributed by atoms with Gasteiger partial charge in [-0.1, -0.05) is 30.3 Å². The van der Waals surface area contributed by atoms with E-state index < -0.39 is 17.9 Å². The molecule has 7 heteroatoms. The second kappa shape index (κ2) is 8.24. The van der Waals surface area contributed by atoms with E-state index >= 15 is 0 Å². The van der Waals surface area contributed by atoms with Gasteiger partial charge in [-0.05, 0) is 24.6 Å². The first-order chi connectivity index (χ1) is 12.3. The fraction of sp³-hybridized carbons (Fsp3) is 0.263. The van der Waals surface area contributed by atoms with Crippen molar-refractivity contribution in [1.82, 2.24) is 15.2 Å². The van der Waals surface area contributed by atoms with Crippen molar-refractivity contribution in [3.63, 3.8) is 0 Å². The van der Waals surface area contributed by atoms with Gasteiger partial charge < -0.3 is 15.3 Å². The fourth-order valence-corrected chi connectivity index (χ4v) is 2.51. The lowest BCUT2D eigenvalue weighted by molar-refractivity contribution is -0.130. The molecular weight excluding hydrogens is 334 g/mol. The van der Waals surface area contributed by atoms with Crippen LogP contribution in [0.5, 0.6) is 0 Å². The first-order valence-electron chi connectivity index (χ1n) is 8.06. The topological polar surface area (TPSA) is 99.6 Å². The highest BCUT2D eigenvalue weighted by molar-refractivity contribution is 5.97. The summed E-state index contributed by atoms with van der Waals surface area (Å²) in [5.41, 5.74) is 1.26. The Kier molecular flexibility index (Phi) is 6.06. The van der Waals surface area contributed by atoms with Crippen molar-refractivity contribution in [2.24, 2.45) is 0 Å². The zero-order valence-electron chi connectivity index (χ0n) is 14.9. The Hall–Kier alpha value is -3.22. The standard InChI is InChI=1S/C19H21N3O4/c1-12-14(19(25)26)9-10-15(20-12)17(23)21-16(18(24)22(2)3)11-13-7-5-4-6-8-13/h4-10,16H,11H2,1-3H3,(H,21,23)(H,25,26). The molecule has 2 rings (SSSR count). The lowest BCUT2D eigenvalue weighted by Gasteiger charge is -2.22. The van der Waals surface area contributed by atoms with E-state index in [1.807, 2.05) is 30.3 Å². The molecule has 0 radical (unpaired) electrons. The number of hydrogen-bond donors (Lipinski definition) is 2. The third-order valence-electron chi connectivity index (χ3n) is 3.88. The summed E-state index contributed by atoms with van der Waals surface area (Å²) in [7, 11) is 3.24. The van der Waals surface area contributed by atoms with Crippen LogP contribution in [0.3, 0.4) is 0 Å². The van der Waals surface area contributed by atoms with E-state index in [2.05, 4.69) is 10.3 Å². The summed E-state index contributed by atoms with van der Waals surface area (Å²) in [6, 6.07) is 11.3. The minimum absolute atomic E-state index is 0.0340. The number of rotatable bonds is 6. The normalized spacial score (nSPS) is 11.5. The molecule has 0 fully saturated rings. The summed E-state index contributed by atoms with van der Waals surface area (Å²) >= 11 is 0. The van der Waals surface area contributed by atoms with E-state index in [1.165, 1.54) is 24.0 Å². The summed E-state index contributed by atoms with van der Waals surface area (Å²) < 4.78 is 0. The lowest BCUT2D eigenvalue weighted by atomic mass is 10.0.